The minimum Gasteiger partial charge on any atom is -0.377 e. The van der Waals surface area contributed by atoms with E-state index in [1.54, 1.807) is 0 Å². The van der Waals surface area contributed by atoms with Crippen molar-refractivity contribution in [2.24, 2.45) is 0 Å². The first-order chi connectivity index (χ1) is 8.58. The minimum atomic E-state index is -0.800. The van der Waals surface area contributed by atoms with E-state index in [1.165, 1.54) is 6.07 Å². The number of rotatable bonds is 4. The minimum absolute atomic E-state index is 0.0356. The van der Waals surface area contributed by atoms with Crippen LogP contribution >= 0.6 is 11.6 Å². The Bertz CT molecular complexity index is 464. The fourth-order valence-electron chi connectivity index (χ4n) is 1.86. The van der Waals surface area contributed by atoms with Gasteiger partial charge in [-0.25, -0.2) is 4.39 Å². The predicted octanol–water partition coefficient (Wildman–Crippen LogP) is 2.98. The number of hydrogen-bond donors (Lipinski definition) is 1. The largest absolute Gasteiger partial charge is 0.377 e. The quantitative estimate of drug-likeness (QED) is 0.677. The summed E-state index contributed by atoms with van der Waals surface area (Å²) in [6.07, 6.45) is 1.93. The average Bonchev–Trinajstić information content (AvgIpc) is 2.83. The summed E-state index contributed by atoms with van der Waals surface area (Å²) in [5.41, 5.74) is -0.114. The van der Waals surface area contributed by atoms with E-state index in [1.807, 2.05) is 0 Å². The van der Waals surface area contributed by atoms with Gasteiger partial charge in [0.15, 0.2) is 0 Å². The van der Waals surface area contributed by atoms with E-state index >= 15 is 0 Å². The van der Waals surface area contributed by atoms with Crippen LogP contribution in [0.3, 0.4) is 0 Å². The Morgan fingerprint density at radius 3 is 3.00 bits per heavy atom. The molecule has 1 atom stereocenters. The monoisotopic (exact) mass is 274 g/mol. The molecular formula is C11H12ClFN2O3. The molecule has 0 aromatic heterocycles. The fourth-order valence-corrected chi connectivity index (χ4v) is 2.02. The predicted molar refractivity (Wildman–Crippen MR) is 65.5 cm³/mol. The van der Waals surface area contributed by atoms with Crippen LogP contribution in [0.2, 0.25) is 5.02 Å². The summed E-state index contributed by atoms with van der Waals surface area (Å²) in [6, 6.07) is 2.05. The Hall–Kier alpha value is -1.40. The molecule has 1 aliphatic rings. The van der Waals surface area contributed by atoms with Crippen molar-refractivity contribution in [1.29, 1.82) is 0 Å². The first-order valence-corrected chi connectivity index (χ1v) is 5.94. The summed E-state index contributed by atoms with van der Waals surface area (Å²) in [4.78, 5) is 10.2. The third-order valence-corrected chi connectivity index (χ3v) is 3.07. The van der Waals surface area contributed by atoms with Crippen molar-refractivity contribution >= 4 is 23.0 Å². The molecule has 1 aromatic rings. The highest BCUT2D eigenvalue weighted by atomic mass is 35.5. The maximum atomic E-state index is 13.2. The molecule has 98 valence electrons. The van der Waals surface area contributed by atoms with Gasteiger partial charge in [-0.1, -0.05) is 11.6 Å². The molecule has 5 nitrogen and oxygen atoms in total. The van der Waals surface area contributed by atoms with E-state index < -0.39 is 10.7 Å². The molecule has 1 fully saturated rings. The summed E-state index contributed by atoms with van der Waals surface area (Å²) in [7, 11) is 0. The lowest BCUT2D eigenvalue weighted by Crippen LogP contribution is -2.19. The molecule has 0 saturated carbocycles. The standard InChI is InChI=1S/C11H12ClFN2O3/c12-8-4-10(11(15(16)17)5-9(8)13)14-6-7-2-1-3-18-7/h4-5,7,14H,1-3,6H2. The Balaban J connectivity index is 2.14. The van der Waals surface area contributed by atoms with E-state index in [0.717, 1.165) is 18.9 Å². The Kier molecular flexibility index (Phi) is 3.98. The summed E-state index contributed by atoms with van der Waals surface area (Å²) in [5.74, 6) is -0.800. The van der Waals surface area contributed by atoms with Crippen molar-refractivity contribution in [2.75, 3.05) is 18.5 Å². The molecule has 0 aliphatic carbocycles. The highest BCUT2D eigenvalue weighted by molar-refractivity contribution is 6.31. The lowest BCUT2D eigenvalue weighted by atomic mass is 10.2. The number of nitro benzene ring substituents is 1. The third kappa shape index (κ3) is 2.88. The molecule has 1 unspecified atom stereocenters. The SMILES string of the molecule is O=[N+]([O-])c1cc(F)c(Cl)cc1NCC1CCCO1. The van der Waals surface area contributed by atoms with Gasteiger partial charge in [-0.15, -0.1) is 0 Å². The van der Waals surface area contributed by atoms with E-state index in [2.05, 4.69) is 5.32 Å². The van der Waals surface area contributed by atoms with Crippen molar-refractivity contribution in [3.63, 3.8) is 0 Å². The molecule has 0 amide bonds. The number of nitro groups is 1. The summed E-state index contributed by atoms with van der Waals surface area (Å²) in [5, 5.41) is 13.5. The molecule has 2 rings (SSSR count). The molecule has 1 heterocycles. The van der Waals surface area contributed by atoms with E-state index in [0.29, 0.717) is 13.2 Å². The van der Waals surface area contributed by atoms with Gasteiger partial charge in [0.1, 0.15) is 11.5 Å². The molecule has 1 aromatic carbocycles. The molecule has 1 N–H and O–H groups in total. The smallest absolute Gasteiger partial charge is 0.295 e. The summed E-state index contributed by atoms with van der Waals surface area (Å²) >= 11 is 5.62. The lowest BCUT2D eigenvalue weighted by Gasteiger charge is -2.12. The second-order valence-electron chi connectivity index (χ2n) is 4.06. The normalized spacial score (nSPS) is 18.9. The zero-order valence-electron chi connectivity index (χ0n) is 9.49. The van der Waals surface area contributed by atoms with Gasteiger partial charge in [0.05, 0.1) is 22.1 Å². The molecule has 0 radical (unpaired) electrons. The zero-order chi connectivity index (χ0) is 13.1. The van der Waals surface area contributed by atoms with Gasteiger partial charge in [0.2, 0.25) is 0 Å². The van der Waals surface area contributed by atoms with Gasteiger partial charge in [-0.2, -0.15) is 0 Å². The van der Waals surface area contributed by atoms with Gasteiger partial charge in [-0.05, 0) is 18.9 Å². The molecule has 7 heteroatoms. The first kappa shape index (κ1) is 13.0. The van der Waals surface area contributed by atoms with Gasteiger partial charge in [0, 0.05) is 13.2 Å². The Morgan fingerprint density at radius 1 is 1.61 bits per heavy atom. The number of halogens is 2. The second-order valence-corrected chi connectivity index (χ2v) is 4.46. The van der Waals surface area contributed by atoms with Crippen molar-refractivity contribution in [1.82, 2.24) is 0 Å². The van der Waals surface area contributed by atoms with Gasteiger partial charge in [0.25, 0.3) is 5.69 Å². The number of hydrogen-bond acceptors (Lipinski definition) is 4. The molecule has 0 bridgehead atoms. The third-order valence-electron chi connectivity index (χ3n) is 2.78. The van der Waals surface area contributed by atoms with Crippen LogP contribution in [0, 0.1) is 15.9 Å². The average molecular weight is 275 g/mol. The molecule has 0 spiro atoms. The van der Waals surface area contributed by atoms with Crippen LogP contribution in [0.25, 0.3) is 0 Å². The number of anilines is 1. The van der Waals surface area contributed by atoms with Crippen LogP contribution in [0.5, 0.6) is 0 Å². The van der Waals surface area contributed by atoms with E-state index in [-0.39, 0.29) is 22.5 Å². The number of nitrogens with one attached hydrogen (secondary N) is 1. The first-order valence-electron chi connectivity index (χ1n) is 5.57. The highest BCUT2D eigenvalue weighted by Gasteiger charge is 2.20. The van der Waals surface area contributed by atoms with Gasteiger partial charge in [-0.3, -0.25) is 10.1 Å². The summed E-state index contributed by atoms with van der Waals surface area (Å²) in [6.45, 7) is 1.15. The van der Waals surface area contributed by atoms with Crippen LogP contribution < -0.4 is 5.32 Å². The lowest BCUT2D eigenvalue weighted by molar-refractivity contribution is -0.384. The van der Waals surface area contributed by atoms with Crippen molar-refractivity contribution in [3.05, 3.63) is 33.1 Å². The molecule has 1 aliphatic heterocycles. The van der Waals surface area contributed by atoms with Crippen LogP contribution in [0.15, 0.2) is 12.1 Å². The van der Waals surface area contributed by atoms with Crippen LogP contribution in [0.4, 0.5) is 15.8 Å². The zero-order valence-corrected chi connectivity index (χ0v) is 10.2. The number of nitrogens with zero attached hydrogens (tertiary/aromatic N) is 1. The number of ether oxygens (including phenoxy) is 1. The maximum Gasteiger partial charge on any atom is 0.295 e. The van der Waals surface area contributed by atoms with Gasteiger partial charge < -0.3 is 10.1 Å². The van der Waals surface area contributed by atoms with E-state index in [9.17, 15) is 14.5 Å². The van der Waals surface area contributed by atoms with Crippen molar-refractivity contribution in [2.45, 2.75) is 18.9 Å². The van der Waals surface area contributed by atoms with Crippen LogP contribution in [-0.4, -0.2) is 24.2 Å². The second kappa shape index (κ2) is 5.49. The number of benzene rings is 1. The Morgan fingerprint density at radius 2 is 2.39 bits per heavy atom. The van der Waals surface area contributed by atoms with Crippen molar-refractivity contribution in [3.8, 4) is 0 Å². The Labute approximate surface area is 108 Å². The summed E-state index contributed by atoms with van der Waals surface area (Å²) < 4.78 is 18.6. The molecule has 18 heavy (non-hydrogen) atoms. The maximum absolute atomic E-state index is 13.2. The molecular weight excluding hydrogens is 263 g/mol. The highest BCUT2D eigenvalue weighted by Crippen LogP contribution is 2.30. The van der Waals surface area contributed by atoms with E-state index in [4.69, 9.17) is 16.3 Å². The van der Waals surface area contributed by atoms with Crippen LogP contribution in [-0.2, 0) is 4.74 Å². The van der Waals surface area contributed by atoms with Crippen molar-refractivity contribution < 1.29 is 14.1 Å². The topological polar surface area (TPSA) is 64.4 Å². The van der Waals surface area contributed by atoms with Crippen LogP contribution in [0.1, 0.15) is 12.8 Å². The fraction of sp³-hybridized carbons (Fsp3) is 0.455. The van der Waals surface area contributed by atoms with Gasteiger partial charge >= 0.3 is 0 Å². The molecule has 1 saturated heterocycles.